The van der Waals surface area contributed by atoms with Crippen LogP contribution in [-0.2, 0) is 0 Å². The van der Waals surface area contributed by atoms with Crippen molar-refractivity contribution in [3.63, 3.8) is 0 Å². The van der Waals surface area contributed by atoms with Gasteiger partial charge in [0.2, 0.25) is 0 Å². The Balaban J connectivity index is 0.0000000971. The molecule has 26 fully saturated rings. The maximum Gasteiger partial charge on any atom is 0.0249 e. The minimum atomic E-state index is 0.261. The highest BCUT2D eigenvalue weighted by Crippen LogP contribution is 2.75. The Morgan fingerprint density at radius 2 is 0.486 bits per heavy atom. The van der Waals surface area contributed by atoms with Crippen LogP contribution in [0.25, 0.3) is 0 Å². The minimum absolute atomic E-state index is 0.261. The van der Waals surface area contributed by atoms with Crippen LogP contribution in [0.15, 0.2) is 0 Å². The van der Waals surface area contributed by atoms with Crippen LogP contribution < -0.4 is 50.4 Å². The van der Waals surface area contributed by atoms with Gasteiger partial charge in [-0.05, 0) is 433 Å². The van der Waals surface area contributed by atoms with E-state index >= 15 is 0 Å². The molecule has 20 bridgehead atoms. The lowest BCUT2D eigenvalue weighted by molar-refractivity contribution is -0.152. The standard InChI is InChI=1S/C23H40N2.C19H34N2.2C18H32N2.C18H31N/c24-15-21(25-20-8-2-1-3-9-20)23-13-17-10-18(14-23)12-22(11-17,16-23)19-6-4-5-7-19;1-21-17(12-20)19-10-14-7-15(11-19)9-18(8-14,13-19)16-5-3-2-4-6-16;1-20-16(11-19)18-9-13-6-14(10-18)8-17(7-13,12-18)15-4-2-3-5-15;19-11-16(20)18-9-13-6-14(10-18)8-17(7-13,12-18)15-4-2-1-3-5-15;1-2-16(19)18-10-13-7-14(11-18)9-17(8-13,12-18)15-5-3-4-6-15/h17-21,25H,1-16,24H2;14-17,21H,2-13,20H2,1H3;13-16,20H,2-12,19H2,1H3;13-16H,1-12,19-20H2;13-16H,2-12,19H2,1H3. The molecule has 15 N–H and O–H groups in total. The maximum atomic E-state index is 6.63. The molecule has 0 spiro atoms. The van der Waals surface area contributed by atoms with Crippen molar-refractivity contribution in [2.75, 3.05) is 40.3 Å². The SMILES string of the molecule is CCC(N)C12CC3CC(C1)CC(C1CCCC1)(C3)C2.CNC(CN)C12CC3CC(CC(C4CCCC4)(C3)C1)C2.CNC(CN)C12CC3CC(CC(C4CCCCC4)(C3)C1)C2.NCC(N)C12CC3CC(C1)CC(C1CCCCC1)(C3)C2.NCC(NC1CCCCC1)C12CC3CC(CC(C4CCCC4)(C3)C1)C2. The number of likely N-dealkylation sites (N-methyl/N-ethyl adjacent to an activating group) is 2. The van der Waals surface area contributed by atoms with Crippen molar-refractivity contribution < 1.29 is 0 Å². The van der Waals surface area contributed by atoms with E-state index in [9.17, 15) is 0 Å². The molecule has 0 aromatic heterocycles. The fourth-order valence-corrected chi connectivity index (χ4v) is 38.6. The molecule has 0 amide bonds. The van der Waals surface area contributed by atoms with Crippen LogP contribution in [0.2, 0.25) is 0 Å². The molecular formula is C96H169N9. The van der Waals surface area contributed by atoms with Crippen LogP contribution in [0.5, 0.6) is 0 Å². The molecule has 0 saturated heterocycles. The Hall–Kier alpha value is -0.360. The number of nitrogens with one attached hydrogen (secondary N) is 3. The summed E-state index contributed by atoms with van der Waals surface area (Å²) >= 11 is 0. The molecule has 0 heterocycles. The summed E-state index contributed by atoms with van der Waals surface area (Å²) in [6, 6.07) is 3.23. The van der Waals surface area contributed by atoms with Crippen molar-refractivity contribution in [3.05, 3.63) is 0 Å². The van der Waals surface area contributed by atoms with Crippen LogP contribution in [0.4, 0.5) is 0 Å². The summed E-state index contributed by atoms with van der Waals surface area (Å²) in [6.45, 7) is 5.54. The third-order valence-corrected chi connectivity index (χ3v) is 40.3. The molecule has 15 unspecified atom stereocenters. The van der Waals surface area contributed by atoms with Crippen LogP contribution >= 0.6 is 0 Å². The smallest absolute Gasteiger partial charge is 0.0249 e. The lowest BCUT2D eigenvalue weighted by atomic mass is 9.39. The molecule has 26 aliphatic rings. The predicted octanol–water partition coefficient (Wildman–Crippen LogP) is 20.0. The van der Waals surface area contributed by atoms with Gasteiger partial charge in [0.1, 0.15) is 0 Å². The Bertz CT molecular complexity index is 2730. The quantitative estimate of drug-likeness (QED) is 0.0605. The van der Waals surface area contributed by atoms with Crippen LogP contribution in [0.1, 0.15) is 379 Å². The number of rotatable bonds is 19. The van der Waals surface area contributed by atoms with Crippen molar-refractivity contribution in [3.8, 4) is 0 Å². The first-order chi connectivity index (χ1) is 50.9. The molecule has 0 radical (unpaired) electrons. The highest BCUT2D eigenvalue weighted by Gasteiger charge is 2.67. The molecule has 105 heavy (non-hydrogen) atoms. The van der Waals surface area contributed by atoms with Crippen molar-refractivity contribution in [2.45, 2.75) is 416 Å². The van der Waals surface area contributed by atoms with E-state index in [1.165, 1.54) is 295 Å². The van der Waals surface area contributed by atoms with Crippen molar-refractivity contribution >= 4 is 0 Å². The van der Waals surface area contributed by atoms with Crippen molar-refractivity contribution in [1.29, 1.82) is 0 Å². The van der Waals surface area contributed by atoms with E-state index in [2.05, 4.69) is 37.0 Å². The highest BCUT2D eigenvalue weighted by atomic mass is 15.0. The topological polar surface area (TPSA) is 192 Å². The first kappa shape index (κ1) is 77.2. The first-order valence-electron chi connectivity index (χ1n) is 48.3. The number of hydrogen-bond acceptors (Lipinski definition) is 9. The molecule has 26 aliphatic carbocycles. The number of nitrogens with two attached hydrogens (primary N) is 6. The average Bonchev–Trinajstić information content (AvgIpc) is 1.36. The molecule has 9 nitrogen and oxygen atoms in total. The Labute approximate surface area is 645 Å². The molecule has 15 atom stereocenters. The Kier molecular flexibility index (Phi) is 22.8. The van der Waals surface area contributed by atoms with E-state index in [-0.39, 0.29) is 6.04 Å². The Morgan fingerprint density at radius 3 is 0.724 bits per heavy atom. The van der Waals surface area contributed by atoms with E-state index in [0.29, 0.717) is 63.2 Å². The third kappa shape index (κ3) is 14.4. The van der Waals surface area contributed by atoms with Gasteiger partial charge in [-0.2, -0.15) is 0 Å². The van der Waals surface area contributed by atoms with Gasteiger partial charge in [0, 0.05) is 62.4 Å². The molecule has 598 valence electrons. The van der Waals surface area contributed by atoms with E-state index in [1.54, 1.807) is 77.0 Å². The van der Waals surface area contributed by atoms with Gasteiger partial charge in [-0.1, -0.05) is 103 Å². The summed E-state index contributed by atoms with van der Waals surface area (Å²) in [5.74, 6) is 15.5. The zero-order valence-corrected chi connectivity index (χ0v) is 68.9. The summed E-state index contributed by atoms with van der Waals surface area (Å²) in [5, 5.41) is 11.3. The van der Waals surface area contributed by atoms with E-state index < -0.39 is 0 Å². The van der Waals surface area contributed by atoms with Crippen molar-refractivity contribution in [1.82, 2.24) is 16.0 Å². The zero-order chi connectivity index (χ0) is 72.1. The van der Waals surface area contributed by atoms with Gasteiger partial charge >= 0.3 is 0 Å². The summed E-state index contributed by atoms with van der Waals surface area (Å²) < 4.78 is 0. The molecule has 9 heteroatoms. The van der Waals surface area contributed by atoms with Crippen LogP contribution in [0.3, 0.4) is 0 Å². The summed E-state index contributed by atoms with van der Waals surface area (Å²) in [7, 11) is 4.28. The normalized spacial score (nSPS) is 48.4. The van der Waals surface area contributed by atoms with Gasteiger partial charge in [-0.3, -0.25) is 0 Å². The van der Waals surface area contributed by atoms with E-state index in [0.717, 1.165) is 136 Å². The maximum absolute atomic E-state index is 6.63. The van der Waals surface area contributed by atoms with Gasteiger partial charge in [0.25, 0.3) is 0 Å². The lowest BCUT2D eigenvalue weighted by Crippen LogP contribution is -2.63. The van der Waals surface area contributed by atoms with Crippen LogP contribution in [0, 0.1) is 143 Å². The van der Waals surface area contributed by atoms with Gasteiger partial charge in [-0.15, -0.1) is 0 Å². The second kappa shape index (κ2) is 31.0. The molecular weight excluding hydrogens is 1280 g/mol. The van der Waals surface area contributed by atoms with Gasteiger partial charge in [0.15, 0.2) is 0 Å². The molecule has 0 aromatic carbocycles. The van der Waals surface area contributed by atoms with Gasteiger partial charge in [-0.25, -0.2) is 0 Å². The lowest BCUT2D eigenvalue weighted by Gasteiger charge is -2.66. The van der Waals surface area contributed by atoms with Gasteiger partial charge < -0.3 is 50.4 Å². The second-order valence-corrected chi connectivity index (χ2v) is 46.3. The fourth-order valence-electron chi connectivity index (χ4n) is 38.6. The van der Waals surface area contributed by atoms with Crippen molar-refractivity contribution in [2.24, 2.45) is 177 Å². The molecule has 26 saturated carbocycles. The summed E-state index contributed by atoms with van der Waals surface area (Å²) in [6.07, 6.45) is 87.0. The van der Waals surface area contributed by atoms with Gasteiger partial charge in [0.05, 0.1) is 0 Å². The summed E-state index contributed by atoms with van der Waals surface area (Å²) in [4.78, 5) is 0. The predicted molar refractivity (Wildman–Crippen MR) is 439 cm³/mol. The van der Waals surface area contributed by atoms with E-state index in [1.807, 2.05) is 0 Å². The molecule has 0 aromatic rings. The fraction of sp³-hybridized carbons (Fsp3) is 1.00. The first-order valence-corrected chi connectivity index (χ1v) is 48.3. The molecule has 26 rings (SSSR count). The molecule has 0 aliphatic heterocycles. The third-order valence-electron chi connectivity index (χ3n) is 40.3. The number of hydrogen-bond donors (Lipinski definition) is 9. The second-order valence-electron chi connectivity index (χ2n) is 46.3. The average molecular weight is 1450 g/mol. The highest BCUT2D eigenvalue weighted by molar-refractivity contribution is 5.19. The van der Waals surface area contributed by atoms with Crippen LogP contribution in [-0.4, -0.2) is 76.5 Å². The largest absolute Gasteiger partial charge is 0.329 e. The van der Waals surface area contributed by atoms with E-state index in [4.69, 9.17) is 34.4 Å². The minimum Gasteiger partial charge on any atom is -0.329 e. The Morgan fingerprint density at radius 1 is 0.267 bits per heavy atom. The summed E-state index contributed by atoms with van der Waals surface area (Å²) in [5.41, 5.74) is 44.1. The monoisotopic (exact) mass is 1450 g/mol. The zero-order valence-electron chi connectivity index (χ0n) is 68.9.